The van der Waals surface area contributed by atoms with Crippen molar-refractivity contribution in [2.45, 2.75) is 45.7 Å². The minimum Gasteiger partial charge on any atom is -0.313 e. The summed E-state index contributed by atoms with van der Waals surface area (Å²) in [6.07, 6.45) is 5.63. The lowest BCUT2D eigenvalue weighted by Gasteiger charge is -2.17. The van der Waals surface area contributed by atoms with E-state index in [0.29, 0.717) is 0 Å². The predicted octanol–water partition coefficient (Wildman–Crippen LogP) is 3.42. The highest BCUT2D eigenvalue weighted by Crippen LogP contribution is 2.38. The number of rotatable bonds is 6. The van der Waals surface area contributed by atoms with E-state index >= 15 is 0 Å². The van der Waals surface area contributed by atoms with Crippen molar-refractivity contribution in [3.63, 3.8) is 0 Å². The average molecular weight is 272 g/mol. The van der Waals surface area contributed by atoms with Gasteiger partial charge in [-0.1, -0.05) is 37.6 Å². The standard InChI is InChI=1S/C18H28N2/c1-2-9-19-11-15-5-3-6-16(10-15)12-20-13-17-7-4-8-18(17)14-20/h3,5-6,10,17-19H,2,4,7-9,11-14H2,1H3. The van der Waals surface area contributed by atoms with Crippen molar-refractivity contribution in [2.24, 2.45) is 11.8 Å². The van der Waals surface area contributed by atoms with Crippen LogP contribution in [-0.2, 0) is 13.1 Å². The number of nitrogens with zero attached hydrogens (tertiary/aromatic N) is 1. The molecule has 1 saturated carbocycles. The Morgan fingerprint density at radius 2 is 1.90 bits per heavy atom. The molecule has 0 amide bonds. The molecule has 1 saturated heterocycles. The number of benzene rings is 1. The second-order valence-electron chi connectivity index (χ2n) is 6.64. The van der Waals surface area contributed by atoms with Gasteiger partial charge in [0.05, 0.1) is 0 Å². The third-order valence-corrected chi connectivity index (χ3v) is 4.96. The average Bonchev–Trinajstić information content (AvgIpc) is 3.00. The lowest BCUT2D eigenvalue weighted by Crippen LogP contribution is -2.21. The summed E-state index contributed by atoms with van der Waals surface area (Å²) in [6.45, 7) is 8.15. The zero-order valence-electron chi connectivity index (χ0n) is 12.8. The normalized spacial score (nSPS) is 26.1. The van der Waals surface area contributed by atoms with Crippen LogP contribution < -0.4 is 5.32 Å². The summed E-state index contributed by atoms with van der Waals surface area (Å²) >= 11 is 0. The van der Waals surface area contributed by atoms with Crippen molar-refractivity contribution in [3.8, 4) is 0 Å². The molecule has 20 heavy (non-hydrogen) atoms. The van der Waals surface area contributed by atoms with Gasteiger partial charge in [-0.25, -0.2) is 0 Å². The number of fused-ring (bicyclic) bond motifs is 1. The van der Waals surface area contributed by atoms with Gasteiger partial charge < -0.3 is 5.32 Å². The highest BCUT2D eigenvalue weighted by molar-refractivity contribution is 5.23. The summed E-state index contributed by atoms with van der Waals surface area (Å²) in [7, 11) is 0. The fourth-order valence-corrected chi connectivity index (χ4v) is 3.97. The molecule has 2 fully saturated rings. The molecule has 1 heterocycles. The van der Waals surface area contributed by atoms with Crippen LogP contribution in [0, 0.1) is 11.8 Å². The summed E-state index contributed by atoms with van der Waals surface area (Å²) in [5.74, 6) is 2.01. The topological polar surface area (TPSA) is 15.3 Å². The Hall–Kier alpha value is -0.860. The molecule has 0 aromatic heterocycles. The van der Waals surface area contributed by atoms with Crippen LogP contribution in [0.3, 0.4) is 0 Å². The number of nitrogens with one attached hydrogen (secondary N) is 1. The number of hydrogen-bond acceptors (Lipinski definition) is 2. The molecule has 2 unspecified atom stereocenters. The summed E-state index contributed by atoms with van der Waals surface area (Å²) in [4.78, 5) is 2.67. The first-order chi connectivity index (χ1) is 9.85. The highest BCUT2D eigenvalue weighted by atomic mass is 15.2. The molecule has 0 spiro atoms. The Balaban J connectivity index is 1.53. The fourth-order valence-electron chi connectivity index (χ4n) is 3.97. The molecule has 110 valence electrons. The predicted molar refractivity (Wildman–Crippen MR) is 84.5 cm³/mol. The first kappa shape index (κ1) is 14.1. The smallest absolute Gasteiger partial charge is 0.0234 e. The van der Waals surface area contributed by atoms with Crippen LogP contribution in [-0.4, -0.2) is 24.5 Å². The van der Waals surface area contributed by atoms with E-state index in [9.17, 15) is 0 Å². The molecular formula is C18H28N2. The van der Waals surface area contributed by atoms with Gasteiger partial charge in [0.25, 0.3) is 0 Å². The van der Waals surface area contributed by atoms with Gasteiger partial charge in [-0.05, 0) is 48.8 Å². The lowest BCUT2D eigenvalue weighted by atomic mass is 10.0. The van der Waals surface area contributed by atoms with Gasteiger partial charge in [0, 0.05) is 26.2 Å². The van der Waals surface area contributed by atoms with Crippen LogP contribution in [0.2, 0.25) is 0 Å². The SMILES string of the molecule is CCCNCc1cccc(CN2CC3CCCC3C2)c1. The zero-order chi connectivity index (χ0) is 13.8. The van der Waals surface area contributed by atoms with Crippen LogP contribution in [0.1, 0.15) is 43.7 Å². The summed E-state index contributed by atoms with van der Waals surface area (Å²) in [5, 5.41) is 3.49. The molecule has 1 aromatic carbocycles. The fraction of sp³-hybridized carbons (Fsp3) is 0.667. The van der Waals surface area contributed by atoms with Crippen molar-refractivity contribution in [2.75, 3.05) is 19.6 Å². The maximum Gasteiger partial charge on any atom is 0.0234 e. The molecular weight excluding hydrogens is 244 g/mol. The van der Waals surface area contributed by atoms with Gasteiger partial charge in [-0.2, -0.15) is 0 Å². The lowest BCUT2D eigenvalue weighted by molar-refractivity contribution is 0.303. The van der Waals surface area contributed by atoms with E-state index in [1.165, 1.54) is 49.9 Å². The summed E-state index contributed by atoms with van der Waals surface area (Å²) < 4.78 is 0. The molecule has 2 aliphatic rings. The van der Waals surface area contributed by atoms with Gasteiger partial charge in [-0.15, -0.1) is 0 Å². The quantitative estimate of drug-likeness (QED) is 0.798. The van der Waals surface area contributed by atoms with Gasteiger partial charge >= 0.3 is 0 Å². The molecule has 0 bridgehead atoms. The van der Waals surface area contributed by atoms with Crippen molar-refractivity contribution in [1.82, 2.24) is 10.2 Å². The first-order valence-corrected chi connectivity index (χ1v) is 8.36. The minimum absolute atomic E-state index is 1.00. The van der Waals surface area contributed by atoms with E-state index < -0.39 is 0 Å². The van der Waals surface area contributed by atoms with Crippen molar-refractivity contribution in [1.29, 1.82) is 0 Å². The van der Waals surface area contributed by atoms with E-state index in [2.05, 4.69) is 41.4 Å². The second kappa shape index (κ2) is 6.73. The van der Waals surface area contributed by atoms with Gasteiger partial charge in [0.1, 0.15) is 0 Å². The van der Waals surface area contributed by atoms with Crippen molar-refractivity contribution in [3.05, 3.63) is 35.4 Å². The molecule has 1 aliphatic carbocycles. The third kappa shape index (κ3) is 3.42. The van der Waals surface area contributed by atoms with E-state index in [4.69, 9.17) is 0 Å². The maximum atomic E-state index is 3.49. The Bertz CT molecular complexity index is 417. The molecule has 2 heteroatoms. The number of likely N-dealkylation sites (tertiary alicyclic amines) is 1. The molecule has 1 aromatic rings. The molecule has 1 N–H and O–H groups in total. The van der Waals surface area contributed by atoms with Crippen molar-refractivity contribution < 1.29 is 0 Å². The van der Waals surface area contributed by atoms with Gasteiger partial charge in [-0.3, -0.25) is 4.90 Å². The summed E-state index contributed by atoms with van der Waals surface area (Å²) in [5.41, 5.74) is 2.91. The first-order valence-electron chi connectivity index (χ1n) is 8.36. The van der Waals surface area contributed by atoms with E-state index in [0.717, 1.165) is 31.5 Å². The van der Waals surface area contributed by atoms with Crippen LogP contribution in [0.5, 0.6) is 0 Å². The molecule has 1 aliphatic heterocycles. The van der Waals surface area contributed by atoms with Crippen LogP contribution in [0.25, 0.3) is 0 Å². The molecule has 2 atom stereocenters. The summed E-state index contributed by atoms with van der Waals surface area (Å²) in [6, 6.07) is 9.13. The monoisotopic (exact) mass is 272 g/mol. The van der Waals surface area contributed by atoms with E-state index in [1.807, 2.05) is 0 Å². The molecule has 0 radical (unpaired) electrons. The van der Waals surface area contributed by atoms with E-state index in [1.54, 1.807) is 0 Å². The maximum absolute atomic E-state index is 3.49. The van der Waals surface area contributed by atoms with Gasteiger partial charge in [0.2, 0.25) is 0 Å². The highest BCUT2D eigenvalue weighted by Gasteiger charge is 2.35. The van der Waals surface area contributed by atoms with E-state index in [-0.39, 0.29) is 0 Å². The third-order valence-electron chi connectivity index (χ3n) is 4.96. The Morgan fingerprint density at radius 3 is 2.65 bits per heavy atom. The van der Waals surface area contributed by atoms with Gasteiger partial charge in [0.15, 0.2) is 0 Å². The Kier molecular flexibility index (Phi) is 4.74. The largest absolute Gasteiger partial charge is 0.313 e. The van der Waals surface area contributed by atoms with Crippen LogP contribution in [0.15, 0.2) is 24.3 Å². The minimum atomic E-state index is 1.00. The zero-order valence-corrected chi connectivity index (χ0v) is 12.8. The Labute approximate surface area is 123 Å². The Morgan fingerprint density at radius 1 is 1.15 bits per heavy atom. The molecule has 3 rings (SSSR count). The number of hydrogen-bond donors (Lipinski definition) is 1. The second-order valence-corrected chi connectivity index (χ2v) is 6.64. The molecule has 2 nitrogen and oxygen atoms in total. The van der Waals surface area contributed by atoms with Crippen LogP contribution >= 0.6 is 0 Å². The van der Waals surface area contributed by atoms with Crippen LogP contribution in [0.4, 0.5) is 0 Å². The van der Waals surface area contributed by atoms with Crippen molar-refractivity contribution >= 4 is 0 Å².